The van der Waals surface area contributed by atoms with Crippen molar-refractivity contribution in [2.75, 3.05) is 20.4 Å². The fourth-order valence-electron chi connectivity index (χ4n) is 2.29. The number of benzene rings is 2. The minimum Gasteiger partial charge on any atom is -0.494 e. The molecule has 0 saturated heterocycles. The van der Waals surface area contributed by atoms with Crippen molar-refractivity contribution in [1.82, 2.24) is 4.90 Å². The van der Waals surface area contributed by atoms with Crippen LogP contribution in [0.15, 0.2) is 41.3 Å². The summed E-state index contributed by atoms with van der Waals surface area (Å²) < 4.78 is 42.0. The molecule has 2 rings (SSSR count). The van der Waals surface area contributed by atoms with Crippen molar-refractivity contribution in [2.45, 2.75) is 11.4 Å². The Morgan fingerprint density at radius 3 is 2.48 bits per heavy atom. The number of rotatable bonds is 5. The molecule has 0 heterocycles. The molecule has 8 heteroatoms. The van der Waals surface area contributed by atoms with Gasteiger partial charge in [0.1, 0.15) is 0 Å². The highest BCUT2D eigenvalue weighted by molar-refractivity contribution is 7.90. The fraction of sp³-hybridized carbons (Fsp3) is 0.235. The van der Waals surface area contributed by atoms with Gasteiger partial charge in [0.2, 0.25) is 0 Å². The zero-order valence-corrected chi connectivity index (χ0v) is 15.5. The van der Waals surface area contributed by atoms with Crippen molar-refractivity contribution in [3.8, 4) is 5.75 Å². The SMILES string of the molecule is COc1ccc(CN(C)C(=O)c2ccc(Cl)c(S(C)(=O)=O)c2)cc1F. The maximum Gasteiger partial charge on any atom is 0.253 e. The zero-order valence-electron chi connectivity index (χ0n) is 13.9. The van der Waals surface area contributed by atoms with Crippen LogP contribution in [-0.4, -0.2) is 39.6 Å². The van der Waals surface area contributed by atoms with Gasteiger partial charge in [0, 0.05) is 25.4 Å². The number of hydrogen-bond acceptors (Lipinski definition) is 4. The third kappa shape index (κ3) is 4.49. The van der Waals surface area contributed by atoms with Gasteiger partial charge in [-0.05, 0) is 35.9 Å². The summed E-state index contributed by atoms with van der Waals surface area (Å²) in [4.78, 5) is 13.8. The minimum atomic E-state index is -3.55. The van der Waals surface area contributed by atoms with Gasteiger partial charge in [0.15, 0.2) is 21.4 Å². The summed E-state index contributed by atoms with van der Waals surface area (Å²) in [5, 5.41) is 0.0546. The van der Waals surface area contributed by atoms with Gasteiger partial charge in [-0.2, -0.15) is 0 Å². The minimum absolute atomic E-state index is 0.0546. The van der Waals surface area contributed by atoms with Crippen LogP contribution in [-0.2, 0) is 16.4 Å². The van der Waals surface area contributed by atoms with Crippen molar-refractivity contribution in [2.24, 2.45) is 0 Å². The van der Waals surface area contributed by atoms with Gasteiger partial charge in [0.25, 0.3) is 5.91 Å². The molecule has 2 aromatic carbocycles. The molecule has 0 aliphatic heterocycles. The molecule has 0 aliphatic rings. The molecular weight excluding hydrogens is 369 g/mol. The van der Waals surface area contributed by atoms with Crippen molar-refractivity contribution in [3.63, 3.8) is 0 Å². The number of nitrogens with zero attached hydrogens (tertiary/aromatic N) is 1. The molecular formula is C17H17ClFNO4S. The van der Waals surface area contributed by atoms with E-state index in [0.717, 1.165) is 6.26 Å². The Balaban J connectivity index is 2.24. The van der Waals surface area contributed by atoms with E-state index >= 15 is 0 Å². The van der Waals surface area contributed by atoms with Gasteiger partial charge >= 0.3 is 0 Å². The maximum absolute atomic E-state index is 13.7. The van der Waals surface area contributed by atoms with Crippen LogP contribution in [0.3, 0.4) is 0 Å². The number of amides is 1. The predicted molar refractivity (Wildman–Crippen MR) is 93.3 cm³/mol. The lowest BCUT2D eigenvalue weighted by molar-refractivity contribution is 0.0784. The molecule has 25 heavy (non-hydrogen) atoms. The first-order valence-corrected chi connectivity index (χ1v) is 9.48. The van der Waals surface area contributed by atoms with Crippen LogP contribution in [0.1, 0.15) is 15.9 Å². The van der Waals surface area contributed by atoms with Crippen molar-refractivity contribution < 1.29 is 22.3 Å². The van der Waals surface area contributed by atoms with Gasteiger partial charge in [-0.15, -0.1) is 0 Å². The highest BCUT2D eigenvalue weighted by Gasteiger charge is 2.18. The van der Waals surface area contributed by atoms with Crippen molar-refractivity contribution >= 4 is 27.3 Å². The van der Waals surface area contributed by atoms with Crippen LogP contribution in [0.4, 0.5) is 4.39 Å². The first-order chi connectivity index (χ1) is 11.6. The number of sulfone groups is 1. The standard InChI is InChI=1S/C17H17ClFNO4S/c1-20(10-11-4-7-15(24-2)14(19)8-11)17(21)12-5-6-13(18)16(9-12)25(3,22)23/h4-9H,10H2,1-3H3. The number of methoxy groups -OCH3 is 1. The molecule has 0 atom stereocenters. The van der Waals surface area contributed by atoms with Gasteiger partial charge in [0.05, 0.1) is 17.0 Å². The van der Waals surface area contributed by atoms with Crippen molar-refractivity contribution in [1.29, 1.82) is 0 Å². The topological polar surface area (TPSA) is 63.7 Å². The van der Waals surface area contributed by atoms with E-state index in [1.165, 1.54) is 42.3 Å². The lowest BCUT2D eigenvalue weighted by Crippen LogP contribution is -2.26. The van der Waals surface area contributed by atoms with E-state index < -0.39 is 21.6 Å². The first kappa shape index (κ1) is 19.2. The lowest BCUT2D eigenvalue weighted by atomic mass is 10.1. The van der Waals surface area contributed by atoms with E-state index in [2.05, 4.69) is 0 Å². The zero-order chi connectivity index (χ0) is 18.8. The van der Waals surface area contributed by atoms with Crippen LogP contribution in [0.5, 0.6) is 5.75 Å². The summed E-state index contributed by atoms with van der Waals surface area (Å²) in [6.07, 6.45) is 1.02. The monoisotopic (exact) mass is 385 g/mol. The third-order valence-electron chi connectivity index (χ3n) is 3.56. The highest BCUT2D eigenvalue weighted by Crippen LogP contribution is 2.24. The second kappa shape index (κ2) is 7.41. The molecule has 0 spiro atoms. The van der Waals surface area contributed by atoms with E-state index in [1.54, 1.807) is 13.1 Å². The summed E-state index contributed by atoms with van der Waals surface area (Å²) >= 11 is 5.88. The molecule has 2 aromatic rings. The second-order valence-electron chi connectivity index (χ2n) is 5.55. The molecule has 0 N–H and O–H groups in total. The van der Waals surface area contributed by atoms with Gasteiger partial charge in [-0.1, -0.05) is 17.7 Å². The molecule has 0 unspecified atom stereocenters. The van der Waals surface area contributed by atoms with Crippen molar-refractivity contribution in [3.05, 3.63) is 58.4 Å². The summed E-state index contributed by atoms with van der Waals surface area (Å²) in [7, 11) is -0.644. The van der Waals surface area contributed by atoms with Crippen LogP contribution in [0.25, 0.3) is 0 Å². The van der Waals surface area contributed by atoms with E-state index in [1.807, 2.05) is 0 Å². The maximum atomic E-state index is 13.7. The predicted octanol–water partition coefficient (Wildman–Crippen LogP) is 3.16. The third-order valence-corrected chi connectivity index (χ3v) is 5.14. The Hall–Kier alpha value is -2.12. The van der Waals surface area contributed by atoms with Gasteiger partial charge in [-0.25, -0.2) is 12.8 Å². The summed E-state index contributed by atoms with van der Waals surface area (Å²) in [5.41, 5.74) is 0.757. The highest BCUT2D eigenvalue weighted by atomic mass is 35.5. The average molecular weight is 386 g/mol. The van der Waals surface area contributed by atoms with Crippen LogP contribution >= 0.6 is 11.6 Å². The first-order valence-electron chi connectivity index (χ1n) is 7.21. The van der Waals surface area contributed by atoms with E-state index in [9.17, 15) is 17.6 Å². The van der Waals surface area contributed by atoms with Crippen LogP contribution in [0.2, 0.25) is 5.02 Å². The number of carbonyl (C=O) groups excluding carboxylic acids is 1. The number of carbonyl (C=O) groups is 1. The largest absolute Gasteiger partial charge is 0.494 e. The molecule has 0 bridgehead atoms. The summed E-state index contributed by atoms with van der Waals surface area (Å²) in [6.45, 7) is 0.149. The summed E-state index contributed by atoms with van der Waals surface area (Å²) in [6, 6.07) is 8.47. The molecule has 0 fully saturated rings. The van der Waals surface area contributed by atoms with Gasteiger partial charge < -0.3 is 9.64 Å². The Morgan fingerprint density at radius 1 is 1.24 bits per heavy atom. The molecule has 0 aromatic heterocycles. The van der Waals surface area contributed by atoms with Gasteiger partial charge in [-0.3, -0.25) is 4.79 Å². The second-order valence-corrected chi connectivity index (χ2v) is 7.94. The number of halogens is 2. The Labute approximate surface area is 150 Å². The normalized spacial score (nSPS) is 11.2. The summed E-state index contributed by atoms with van der Waals surface area (Å²) in [5.74, 6) is -0.808. The molecule has 0 aliphatic carbocycles. The molecule has 5 nitrogen and oxygen atoms in total. The molecule has 0 saturated carbocycles. The van der Waals surface area contributed by atoms with E-state index in [-0.39, 0.29) is 27.8 Å². The Morgan fingerprint density at radius 2 is 1.92 bits per heavy atom. The lowest BCUT2D eigenvalue weighted by Gasteiger charge is -2.18. The quantitative estimate of drug-likeness (QED) is 0.793. The molecule has 0 radical (unpaired) electrons. The van der Waals surface area contributed by atoms with Crippen LogP contribution in [0, 0.1) is 5.82 Å². The Kier molecular flexibility index (Phi) is 5.69. The smallest absolute Gasteiger partial charge is 0.253 e. The molecule has 134 valence electrons. The molecule has 1 amide bonds. The average Bonchev–Trinajstić information content (AvgIpc) is 2.53. The Bertz CT molecular complexity index is 915. The number of ether oxygens (including phenoxy) is 1. The fourth-order valence-corrected chi connectivity index (χ4v) is 3.60. The number of hydrogen-bond donors (Lipinski definition) is 0. The van der Waals surface area contributed by atoms with E-state index in [4.69, 9.17) is 16.3 Å². The van der Waals surface area contributed by atoms with Crippen LogP contribution < -0.4 is 4.74 Å². The van der Waals surface area contributed by atoms with E-state index in [0.29, 0.717) is 5.56 Å².